The lowest BCUT2D eigenvalue weighted by Gasteiger charge is -2.17. The van der Waals surface area contributed by atoms with Gasteiger partial charge in [0.25, 0.3) is 0 Å². The van der Waals surface area contributed by atoms with Crippen molar-refractivity contribution in [1.82, 2.24) is 24.3 Å². The molecule has 0 spiro atoms. The molecule has 11 nitrogen and oxygen atoms in total. The highest BCUT2D eigenvalue weighted by Crippen LogP contribution is 2.23. The minimum atomic E-state index is -1.13. The number of carbonyl (C=O) groups is 1. The van der Waals surface area contributed by atoms with Gasteiger partial charge in [-0.2, -0.15) is 4.98 Å². The zero-order chi connectivity index (χ0) is 26.5. The predicted octanol–water partition coefficient (Wildman–Crippen LogP) is 3.81. The molecular formula is C24H20Cl2N6O5. The summed E-state index contributed by atoms with van der Waals surface area (Å²) >= 11 is 11.7. The molecule has 0 aliphatic rings. The van der Waals surface area contributed by atoms with E-state index in [0.29, 0.717) is 16.5 Å². The van der Waals surface area contributed by atoms with Crippen LogP contribution in [0.4, 0.5) is 11.6 Å². The molecule has 4 aromatic rings. The summed E-state index contributed by atoms with van der Waals surface area (Å²) in [6.45, 7) is 1.15. The Balaban J connectivity index is 1.65. The molecule has 4 rings (SSSR count). The summed E-state index contributed by atoms with van der Waals surface area (Å²) < 4.78 is 7.68. The number of nitrogens with zero attached hydrogens (tertiary/aromatic N) is 5. The van der Waals surface area contributed by atoms with Crippen molar-refractivity contribution in [2.24, 2.45) is 5.92 Å². The Hall–Kier alpha value is -4.22. The highest BCUT2D eigenvalue weighted by atomic mass is 35.5. The van der Waals surface area contributed by atoms with E-state index in [0.717, 1.165) is 10.1 Å². The van der Waals surface area contributed by atoms with E-state index in [1.807, 2.05) is 0 Å². The molecule has 0 radical (unpaired) electrons. The maximum Gasteiger partial charge on any atom is 0.354 e. The smallest absolute Gasteiger partial charge is 0.354 e. The Morgan fingerprint density at radius 3 is 2.32 bits per heavy atom. The highest BCUT2D eigenvalue weighted by molar-refractivity contribution is 6.30. The van der Waals surface area contributed by atoms with Crippen LogP contribution in [0.2, 0.25) is 10.2 Å². The van der Waals surface area contributed by atoms with Crippen molar-refractivity contribution in [1.29, 1.82) is 0 Å². The Bertz CT molecular complexity index is 1520. The molecule has 0 amide bonds. The van der Waals surface area contributed by atoms with E-state index < -0.39 is 23.3 Å². The standard InChI is InChI=1S/C24H20Cl2N6O5/c1-14(21(33)34)12-32-23(35)28-22(31(24(32)36)13-15-2-4-16(25)5-3-15)27-17-6-8-18(9-7-17)37-20-11-10-19(26)29-30-20/h2-11,14H,12-13H2,1H3,(H,33,34)(H,27,28,35)/t14-/m0/s1. The fourth-order valence-corrected chi connectivity index (χ4v) is 3.49. The molecule has 0 aliphatic heterocycles. The van der Waals surface area contributed by atoms with Crippen LogP contribution in [-0.4, -0.2) is 35.4 Å². The van der Waals surface area contributed by atoms with Gasteiger partial charge in [-0.05, 0) is 48.0 Å². The summed E-state index contributed by atoms with van der Waals surface area (Å²) in [5, 5.41) is 20.5. The molecule has 0 fully saturated rings. The van der Waals surface area contributed by atoms with Gasteiger partial charge in [0.2, 0.25) is 11.8 Å². The van der Waals surface area contributed by atoms with Gasteiger partial charge in [0, 0.05) is 23.3 Å². The molecule has 0 saturated heterocycles. The summed E-state index contributed by atoms with van der Waals surface area (Å²) in [7, 11) is 0. The minimum Gasteiger partial charge on any atom is -0.481 e. The number of carboxylic acids is 1. The summed E-state index contributed by atoms with van der Waals surface area (Å²) in [6, 6.07) is 16.6. The summed E-state index contributed by atoms with van der Waals surface area (Å²) in [5.41, 5.74) is -0.330. The van der Waals surface area contributed by atoms with E-state index in [9.17, 15) is 19.5 Å². The van der Waals surface area contributed by atoms with Crippen molar-refractivity contribution in [3.8, 4) is 11.6 Å². The van der Waals surface area contributed by atoms with E-state index >= 15 is 0 Å². The van der Waals surface area contributed by atoms with Gasteiger partial charge in [0.15, 0.2) is 5.15 Å². The normalized spacial score (nSPS) is 11.6. The minimum absolute atomic E-state index is 0.0126. The summed E-state index contributed by atoms with van der Waals surface area (Å²) in [5.74, 6) is -1.39. The maximum absolute atomic E-state index is 13.3. The van der Waals surface area contributed by atoms with Crippen molar-refractivity contribution < 1.29 is 14.6 Å². The first-order valence-corrected chi connectivity index (χ1v) is 11.7. The van der Waals surface area contributed by atoms with Crippen molar-refractivity contribution in [2.45, 2.75) is 20.0 Å². The van der Waals surface area contributed by atoms with E-state index in [2.05, 4.69) is 20.5 Å². The fourth-order valence-electron chi connectivity index (χ4n) is 3.26. The number of carboxylic acid groups (broad SMARTS) is 1. The molecule has 0 saturated carbocycles. The Morgan fingerprint density at radius 2 is 1.70 bits per heavy atom. The molecule has 13 heteroatoms. The van der Waals surface area contributed by atoms with Gasteiger partial charge in [-0.25, -0.2) is 14.2 Å². The average Bonchev–Trinajstić information content (AvgIpc) is 2.87. The molecule has 2 aromatic heterocycles. The molecule has 190 valence electrons. The van der Waals surface area contributed by atoms with Gasteiger partial charge in [0.1, 0.15) is 5.75 Å². The molecule has 0 aliphatic carbocycles. The van der Waals surface area contributed by atoms with Crippen molar-refractivity contribution in [2.75, 3.05) is 5.32 Å². The molecular weight excluding hydrogens is 523 g/mol. The number of ether oxygens (including phenoxy) is 1. The summed E-state index contributed by atoms with van der Waals surface area (Å²) in [4.78, 5) is 41.3. The van der Waals surface area contributed by atoms with Crippen molar-refractivity contribution in [3.63, 3.8) is 0 Å². The first-order valence-electron chi connectivity index (χ1n) is 10.9. The van der Waals surface area contributed by atoms with Gasteiger partial charge in [-0.15, -0.1) is 10.2 Å². The second-order valence-corrected chi connectivity index (χ2v) is 8.83. The topological polar surface area (TPSA) is 141 Å². The number of anilines is 2. The predicted molar refractivity (Wildman–Crippen MR) is 137 cm³/mol. The Morgan fingerprint density at radius 1 is 1.00 bits per heavy atom. The van der Waals surface area contributed by atoms with Crippen LogP contribution in [0.3, 0.4) is 0 Å². The van der Waals surface area contributed by atoms with Gasteiger partial charge >= 0.3 is 17.3 Å². The molecule has 0 bridgehead atoms. The van der Waals surface area contributed by atoms with Crippen LogP contribution in [-0.2, 0) is 17.9 Å². The van der Waals surface area contributed by atoms with E-state index in [4.69, 9.17) is 27.9 Å². The van der Waals surface area contributed by atoms with Crippen LogP contribution in [0.5, 0.6) is 11.6 Å². The molecule has 2 aromatic carbocycles. The molecule has 0 unspecified atom stereocenters. The quantitative estimate of drug-likeness (QED) is 0.322. The van der Waals surface area contributed by atoms with Crippen LogP contribution in [0.15, 0.2) is 70.3 Å². The lowest BCUT2D eigenvalue weighted by molar-refractivity contribution is -0.141. The molecule has 1 atom stereocenters. The number of nitrogens with one attached hydrogen (secondary N) is 1. The van der Waals surface area contributed by atoms with Crippen LogP contribution < -0.4 is 21.4 Å². The highest BCUT2D eigenvalue weighted by Gasteiger charge is 2.19. The lowest BCUT2D eigenvalue weighted by Crippen LogP contribution is -2.44. The number of halogens is 2. The number of aliphatic carboxylic acids is 1. The zero-order valence-corrected chi connectivity index (χ0v) is 20.8. The monoisotopic (exact) mass is 542 g/mol. The fraction of sp³-hybridized carbons (Fsp3) is 0.167. The number of benzene rings is 2. The van der Waals surface area contributed by atoms with Crippen LogP contribution >= 0.6 is 23.2 Å². The second kappa shape index (κ2) is 11.2. The lowest BCUT2D eigenvalue weighted by atomic mass is 10.2. The molecule has 37 heavy (non-hydrogen) atoms. The zero-order valence-electron chi connectivity index (χ0n) is 19.3. The van der Waals surface area contributed by atoms with Crippen molar-refractivity contribution in [3.05, 3.63) is 97.4 Å². The third kappa shape index (κ3) is 6.51. The maximum atomic E-state index is 13.3. The van der Waals surface area contributed by atoms with Crippen LogP contribution in [0, 0.1) is 5.92 Å². The van der Waals surface area contributed by atoms with E-state index in [1.165, 1.54) is 11.5 Å². The summed E-state index contributed by atoms with van der Waals surface area (Å²) in [6.07, 6.45) is 0. The van der Waals surface area contributed by atoms with Gasteiger partial charge in [-0.1, -0.05) is 42.3 Å². The molecule has 2 N–H and O–H groups in total. The van der Waals surface area contributed by atoms with E-state index in [-0.39, 0.29) is 30.1 Å². The third-order valence-electron chi connectivity index (χ3n) is 5.22. The van der Waals surface area contributed by atoms with Crippen LogP contribution in [0.25, 0.3) is 0 Å². The van der Waals surface area contributed by atoms with Crippen LogP contribution in [0.1, 0.15) is 12.5 Å². The number of hydrogen-bond donors (Lipinski definition) is 2. The second-order valence-electron chi connectivity index (χ2n) is 8.01. The number of aromatic nitrogens is 5. The van der Waals surface area contributed by atoms with Crippen molar-refractivity contribution >= 4 is 40.8 Å². The Labute approximate surface area is 219 Å². The number of hydrogen-bond acceptors (Lipinski definition) is 8. The number of rotatable bonds is 9. The first kappa shape index (κ1) is 25.9. The average molecular weight is 543 g/mol. The molecule has 2 heterocycles. The van der Waals surface area contributed by atoms with Gasteiger partial charge in [0.05, 0.1) is 12.5 Å². The third-order valence-corrected chi connectivity index (χ3v) is 5.68. The van der Waals surface area contributed by atoms with Gasteiger partial charge in [-0.3, -0.25) is 9.36 Å². The SMILES string of the molecule is C[C@@H](Cn1c(=O)nc(Nc2ccc(Oc3ccc(Cl)nn3)cc2)n(Cc2ccc(Cl)cc2)c1=O)C(=O)O. The largest absolute Gasteiger partial charge is 0.481 e. The van der Waals surface area contributed by atoms with E-state index in [1.54, 1.807) is 60.7 Å². The van der Waals surface area contributed by atoms with Gasteiger partial charge < -0.3 is 15.2 Å². The first-order chi connectivity index (χ1) is 17.7. The Kier molecular flexibility index (Phi) is 7.85.